The van der Waals surface area contributed by atoms with Crippen LogP contribution in [0.3, 0.4) is 0 Å². The molecule has 2 aliphatic rings. The van der Waals surface area contributed by atoms with E-state index in [4.69, 9.17) is 16.3 Å². The van der Waals surface area contributed by atoms with Crippen molar-refractivity contribution in [3.63, 3.8) is 0 Å². The van der Waals surface area contributed by atoms with E-state index < -0.39 is 5.82 Å². The first-order valence-electron chi connectivity index (χ1n) is 7.57. The van der Waals surface area contributed by atoms with E-state index in [-0.39, 0.29) is 18.3 Å². The van der Waals surface area contributed by atoms with Crippen LogP contribution in [0.2, 0.25) is 5.02 Å². The summed E-state index contributed by atoms with van der Waals surface area (Å²) in [5.41, 5.74) is 0.852. The van der Waals surface area contributed by atoms with E-state index in [1.807, 2.05) is 0 Å². The zero-order valence-corrected chi connectivity index (χ0v) is 13.0. The van der Waals surface area contributed by atoms with E-state index in [9.17, 15) is 8.78 Å². The van der Waals surface area contributed by atoms with Gasteiger partial charge in [0, 0.05) is 22.6 Å². The minimum Gasteiger partial charge on any atom is -0.473 e. The van der Waals surface area contributed by atoms with E-state index in [2.05, 4.69) is 10.3 Å². The monoisotopic (exact) mass is 336 g/mol. The molecule has 0 spiro atoms. The number of nitrogens with one attached hydrogen (secondary N) is 1. The van der Waals surface area contributed by atoms with Gasteiger partial charge in [0.25, 0.3) is 0 Å². The van der Waals surface area contributed by atoms with Crippen molar-refractivity contribution in [2.24, 2.45) is 11.8 Å². The second-order valence-corrected chi connectivity index (χ2v) is 6.49. The number of rotatable bonds is 4. The summed E-state index contributed by atoms with van der Waals surface area (Å²) in [4.78, 5) is 4.31. The van der Waals surface area contributed by atoms with Crippen molar-refractivity contribution >= 4 is 11.6 Å². The van der Waals surface area contributed by atoms with Crippen molar-refractivity contribution < 1.29 is 13.5 Å². The van der Waals surface area contributed by atoms with Crippen LogP contribution in [0.25, 0.3) is 0 Å². The molecule has 1 aromatic heterocycles. The molecule has 4 rings (SSSR count). The zero-order valence-electron chi connectivity index (χ0n) is 12.2. The molecular formula is C17H15ClF2N2O. The lowest BCUT2D eigenvalue weighted by atomic mass is 10.1. The first-order chi connectivity index (χ1) is 11.1. The second kappa shape index (κ2) is 5.73. The molecule has 1 saturated heterocycles. The maximum absolute atomic E-state index is 14.0. The van der Waals surface area contributed by atoms with Gasteiger partial charge in [0.1, 0.15) is 18.2 Å². The van der Waals surface area contributed by atoms with Gasteiger partial charge < -0.3 is 10.1 Å². The van der Waals surface area contributed by atoms with E-state index >= 15 is 0 Å². The normalized spacial score (nSPS) is 25.3. The molecule has 3 nitrogen and oxygen atoms in total. The van der Waals surface area contributed by atoms with Crippen molar-refractivity contribution in [3.05, 3.63) is 58.2 Å². The van der Waals surface area contributed by atoms with Gasteiger partial charge in [-0.05, 0) is 43.1 Å². The molecule has 23 heavy (non-hydrogen) atoms. The summed E-state index contributed by atoms with van der Waals surface area (Å²) in [6.45, 7) is 1.86. The smallest absolute Gasteiger partial charge is 0.213 e. The van der Waals surface area contributed by atoms with E-state index in [0.29, 0.717) is 34.0 Å². The molecule has 1 aliphatic carbocycles. The fraction of sp³-hybridized carbons (Fsp3) is 0.353. The summed E-state index contributed by atoms with van der Waals surface area (Å²) >= 11 is 5.72. The third-order valence-corrected chi connectivity index (χ3v) is 4.88. The number of hydrogen-bond acceptors (Lipinski definition) is 3. The number of hydrogen-bond donors (Lipinski definition) is 1. The van der Waals surface area contributed by atoms with Crippen LogP contribution < -0.4 is 10.1 Å². The molecule has 120 valence electrons. The highest BCUT2D eigenvalue weighted by molar-refractivity contribution is 6.30. The fourth-order valence-electron chi connectivity index (χ4n) is 3.37. The maximum Gasteiger partial charge on any atom is 0.213 e. The summed E-state index contributed by atoms with van der Waals surface area (Å²) in [6, 6.07) is 7.26. The van der Waals surface area contributed by atoms with Crippen LogP contribution in [-0.2, 0) is 6.61 Å². The third kappa shape index (κ3) is 2.79. The minimum absolute atomic E-state index is 0.0279. The molecular weight excluding hydrogens is 322 g/mol. The Labute approximate surface area is 137 Å². The van der Waals surface area contributed by atoms with Crippen molar-refractivity contribution in [3.8, 4) is 5.88 Å². The Morgan fingerprint density at radius 2 is 1.91 bits per heavy atom. The van der Waals surface area contributed by atoms with E-state index in [0.717, 1.165) is 13.1 Å². The largest absolute Gasteiger partial charge is 0.473 e. The van der Waals surface area contributed by atoms with Crippen molar-refractivity contribution in [2.45, 2.75) is 12.5 Å². The van der Waals surface area contributed by atoms with Crippen LogP contribution in [0, 0.1) is 23.5 Å². The number of aromatic nitrogens is 1. The lowest BCUT2D eigenvalue weighted by Crippen LogP contribution is -2.15. The lowest BCUT2D eigenvalue weighted by molar-refractivity contribution is 0.286. The number of pyridine rings is 1. The Morgan fingerprint density at radius 3 is 2.65 bits per heavy atom. The average Bonchev–Trinajstić information content (AvgIpc) is 2.99. The molecule has 3 atom stereocenters. The Hall–Kier alpha value is -1.72. The van der Waals surface area contributed by atoms with Crippen LogP contribution >= 0.6 is 11.6 Å². The molecule has 0 bridgehead atoms. The molecule has 1 saturated carbocycles. The van der Waals surface area contributed by atoms with Gasteiger partial charge in [-0.25, -0.2) is 13.8 Å². The number of halogens is 3. The van der Waals surface area contributed by atoms with Crippen LogP contribution in [0.4, 0.5) is 8.78 Å². The number of fused-ring (bicyclic) bond motifs is 1. The van der Waals surface area contributed by atoms with Gasteiger partial charge >= 0.3 is 0 Å². The predicted octanol–water partition coefficient (Wildman–Crippen LogP) is 3.53. The molecule has 1 aromatic carbocycles. The first kappa shape index (κ1) is 14.8. The summed E-state index contributed by atoms with van der Waals surface area (Å²) in [5.74, 6) is 0.708. The molecule has 2 aromatic rings. The number of ether oxygens (including phenoxy) is 1. The SMILES string of the molecule is Fc1cc(Cl)ccc1COc1ccc(F)c([C@@H]2[C@@H]3CNC[C@@H]32)n1. The molecule has 1 N–H and O–H groups in total. The fourth-order valence-corrected chi connectivity index (χ4v) is 3.53. The van der Waals surface area contributed by atoms with Gasteiger partial charge in [0.15, 0.2) is 0 Å². The van der Waals surface area contributed by atoms with Gasteiger partial charge in [-0.1, -0.05) is 17.7 Å². The van der Waals surface area contributed by atoms with Crippen LogP contribution in [0.5, 0.6) is 5.88 Å². The van der Waals surface area contributed by atoms with Gasteiger partial charge in [-0.2, -0.15) is 0 Å². The van der Waals surface area contributed by atoms with Crippen LogP contribution in [0.1, 0.15) is 17.2 Å². The predicted molar refractivity (Wildman–Crippen MR) is 82.5 cm³/mol. The summed E-state index contributed by atoms with van der Waals surface area (Å²) in [5, 5.41) is 3.61. The van der Waals surface area contributed by atoms with E-state index in [1.54, 1.807) is 12.1 Å². The standard InChI is InChI=1S/C17H15ClF2N2O/c18-10-2-1-9(14(20)5-10)8-23-15-4-3-13(19)17(22-15)16-11-6-21-7-12(11)16/h1-5,11-12,16,21H,6-8H2/t11-,12+,16-. The summed E-state index contributed by atoms with van der Waals surface area (Å²) in [7, 11) is 0. The Bertz CT molecular complexity index is 745. The van der Waals surface area contributed by atoms with Crippen molar-refractivity contribution in [2.75, 3.05) is 13.1 Å². The highest BCUT2D eigenvalue weighted by atomic mass is 35.5. The highest BCUT2D eigenvalue weighted by Crippen LogP contribution is 2.55. The summed E-state index contributed by atoms with van der Waals surface area (Å²) in [6.07, 6.45) is 0. The average molecular weight is 337 g/mol. The molecule has 0 unspecified atom stereocenters. The topological polar surface area (TPSA) is 34.1 Å². The number of piperidine rings is 1. The molecule has 0 amide bonds. The third-order valence-electron chi connectivity index (χ3n) is 4.65. The van der Waals surface area contributed by atoms with Crippen LogP contribution in [-0.4, -0.2) is 18.1 Å². The molecule has 6 heteroatoms. The minimum atomic E-state index is -0.428. The first-order valence-corrected chi connectivity index (χ1v) is 7.95. The Kier molecular flexibility index (Phi) is 3.70. The maximum atomic E-state index is 14.0. The number of benzene rings is 1. The number of nitrogens with zero attached hydrogens (tertiary/aromatic N) is 1. The molecule has 1 aliphatic heterocycles. The van der Waals surface area contributed by atoms with E-state index in [1.165, 1.54) is 18.2 Å². The summed E-state index contributed by atoms with van der Waals surface area (Å²) < 4.78 is 33.3. The highest BCUT2D eigenvalue weighted by Gasteiger charge is 2.55. The van der Waals surface area contributed by atoms with Gasteiger partial charge in [-0.15, -0.1) is 0 Å². The van der Waals surface area contributed by atoms with Gasteiger partial charge in [0.2, 0.25) is 5.88 Å². The zero-order chi connectivity index (χ0) is 16.0. The molecule has 0 radical (unpaired) electrons. The Balaban J connectivity index is 1.49. The van der Waals surface area contributed by atoms with Gasteiger partial charge in [0.05, 0.1) is 5.69 Å². The second-order valence-electron chi connectivity index (χ2n) is 6.05. The molecule has 2 heterocycles. The molecule has 2 fully saturated rings. The quantitative estimate of drug-likeness (QED) is 0.927. The van der Waals surface area contributed by atoms with Crippen LogP contribution in [0.15, 0.2) is 30.3 Å². The Morgan fingerprint density at radius 1 is 1.13 bits per heavy atom. The van der Waals surface area contributed by atoms with Crippen molar-refractivity contribution in [1.82, 2.24) is 10.3 Å². The van der Waals surface area contributed by atoms with Crippen molar-refractivity contribution in [1.29, 1.82) is 0 Å². The van der Waals surface area contributed by atoms with Gasteiger partial charge in [-0.3, -0.25) is 0 Å². The lowest BCUT2D eigenvalue weighted by Gasteiger charge is -2.10.